The van der Waals surface area contributed by atoms with Crippen molar-refractivity contribution in [1.29, 1.82) is 0 Å². The molecule has 0 heterocycles. The summed E-state index contributed by atoms with van der Waals surface area (Å²) in [5, 5.41) is 0. The van der Waals surface area contributed by atoms with Gasteiger partial charge in [0.1, 0.15) is 0 Å². The van der Waals surface area contributed by atoms with Crippen molar-refractivity contribution in [1.82, 2.24) is 0 Å². The van der Waals surface area contributed by atoms with Crippen molar-refractivity contribution >= 4 is 51.0 Å². The van der Waals surface area contributed by atoms with Crippen molar-refractivity contribution in [3.05, 3.63) is 0 Å². The third kappa shape index (κ3) is 52.1. The van der Waals surface area contributed by atoms with Crippen LogP contribution in [0.3, 0.4) is 0 Å². The molecule has 0 aromatic carbocycles. The first kappa shape index (κ1) is 150. The predicted molar refractivity (Wildman–Crippen MR) is 58.5 cm³/mol. The fourth-order valence-corrected chi connectivity index (χ4v) is 0. The van der Waals surface area contributed by atoms with Crippen molar-refractivity contribution < 1.29 is 1.43 Å². The van der Waals surface area contributed by atoms with E-state index in [1.165, 1.54) is 0 Å². The zero-order chi connectivity index (χ0) is 0. The van der Waals surface area contributed by atoms with E-state index in [4.69, 9.17) is 0 Å². The van der Waals surface area contributed by atoms with Crippen molar-refractivity contribution in [2.75, 3.05) is 0 Å². The van der Waals surface area contributed by atoms with Crippen LogP contribution >= 0.6 is 51.0 Å². The van der Waals surface area contributed by atoms with E-state index < -0.39 is 0 Å². The van der Waals surface area contributed by atoms with E-state index >= 15 is 0 Å². The maximum atomic E-state index is 0. The number of rotatable bonds is 0. The summed E-state index contributed by atoms with van der Waals surface area (Å²) in [5.74, 6) is 0. The lowest BCUT2D eigenvalue weighted by molar-refractivity contribution is 2.50. The molecule has 0 aliphatic rings. The maximum Gasteiger partial charge on any atom is 0 e. The van der Waals surface area contributed by atoms with Gasteiger partial charge in [-0.25, -0.2) is 0 Å². The Morgan fingerprint density at radius 3 is 0.667 bits per heavy atom. The largest absolute Gasteiger partial charge is 0.197 e. The van der Waals surface area contributed by atoms with Gasteiger partial charge >= 0.3 is 0 Å². The summed E-state index contributed by atoms with van der Waals surface area (Å²) >= 11 is 0. The molecule has 0 fully saturated rings. The summed E-state index contributed by atoms with van der Waals surface area (Å²) in [4.78, 5) is 0. The van der Waals surface area contributed by atoms with Crippen LogP contribution in [0.5, 0.6) is 0 Å². The molecule has 0 nitrogen and oxygen atoms in total. The van der Waals surface area contributed by atoms with Gasteiger partial charge in [0, 0.05) is 1.43 Å². The summed E-state index contributed by atoms with van der Waals surface area (Å²) in [6.07, 6.45) is 0. The number of hydrogen-bond acceptors (Lipinski definition) is 0. The van der Waals surface area contributed by atoms with Gasteiger partial charge < -0.3 is 0 Å². The Morgan fingerprint density at radius 1 is 0.667 bits per heavy atom. The van der Waals surface area contributed by atoms with Gasteiger partial charge in [0.25, 0.3) is 0 Å². The Labute approximate surface area is 74.5 Å². The van der Waals surface area contributed by atoms with Gasteiger partial charge in [-0.15, -0.1) is 24.0 Å². The van der Waals surface area contributed by atoms with Crippen molar-refractivity contribution in [2.24, 2.45) is 0 Å². The van der Waals surface area contributed by atoms with E-state index in [1.54, 1.807) is 0 Å². The summed E-state index contributed by atoms with van der Waals surface area (Å²) in [6, 6.07) is 0. The lowest BCUT2D eigenvalue weighted by Gasteiger charge is -0.198. The molecule has 0 spiro atoms. The molecular formula is C3H19IS2. The van der Waals surface area contributed by atoms with E-state index in [1.807, 2.05) is 0 Å². The van der Waals surface area contributed by atoms with Gasteiger partial charge in [-0.3, -0.25) is 0 Å². The van der Waals surface area contributed by atoms with Crippen LogP contribution in [0.1, 0.15) is 23.7 Å². The highest BCUT2D eigenvalue weighted by Crippen LogP contribution is 0.886. The second-order valence-corrected chi connectivity index (χ2v) is 0. The zero-order valence-electron chi connectivity index (χ0n) is 1.41. The Morgan fingerprint density at radius 2 is 0.667 bits per heavy atom. The molecule has 0 aromatic rings. The van der Waals surface area contributed by atoms with Crippen LogP contribution in [0.2, 0.25) is 0 Å². The molecule has 3 heteroatoms. The molecule has 0 amide bonds. The lowest BCUT2D eigenvalue weighted by Crippen LogP contribution is 0.143. The molecule has 0 N–H and O–H groups in total. The molecule has 0 saturated carbocycles. The molecule has 50 valence electrons. The molecule has 0 unspecified atom stereocenters. The second-order valence-electron chi connectivity index (χ2n) is 0. The molecule has 0 rings (SSSR count). The van der Waals surface area contributed by atoms with E-state index in [0.717, 1.165) is 0 Å². The molecule has 6 heavy (non-hydrogen) atoms. The highest BCUT2D eigenvalue weighted by atomic mass is 127. The van der Waals surface area contributed by atoms with E-state index in [9.17, 15) is 0 Å². The minimum Gasteiger partial charge on any atom is -0.197 e. The molecule has 0 bridgehead atoms. The summed E-state index contributed by atoms with van der Waals surface area (Å²) in [5.41, 5.74) is 0. The number of halogens is 1. The Bertz CT molecular complexity index is 12.9. The highest BCUT2D eigenvalue weighted by Gasteiger charge is -0.0754. The van der Waals surface area contributed by atoms with Crippen LogP contribution < -0.4 is 0 Å². The monoisotopic (exact) mass is 247 g/mol. The first-order chi connectivity index (χ1) is 0. The van der Waals surface area contributed by atoms with Gasteiger partial charge in [0.2, 0.25) is 0 Å². The van der Waals surface area contributed by atoms with E-state index in [0.29, 0.717) is 0 Å². The standard InChI is InChI=1S/3CH4.HI.2H2S.H2/h3*1H4;1H;2*1H2;1H/i;;;;;;1+1. The first-order valence-corrected chi connectivity index (χ1v) is 0. The Hall–Kier alpha value is 1.43. The molecular weight excluding hydrogens is 227 g/mol. The fraction of sp³-hybridized carbons (Fsp3) is 1.00. The average Bonchev–Trinajstić information content (AvgIpc) is 0. The minimum atomic E-state index is 0. The topological polar surface area (TPSA) is 0 Å². The Balaban J connectivity index is 0. The summed E-state index contributed by atoms with van der Waals surface area (Å²) < 4.78 is 0. The summed E-state index contributed by atoms with van der Waals surface area (Å²) in [7, 11) is 0. The second kappa shape index (κ2) is 92.7. The van der Waals surface area contributed by atoms with Crippen LogP contribution in [-0.2, 0) is 0 Å². The molecule has 0 radical (unpaired) electrons. The molecule has 0 saturated heterocycles. The van der Waals surface area contributed by atoms with Crippen LogP contribution in [0.25, 0.3) is 0 Å². The average molecular weight is 247 g/mol. The zero-order valence-corrected chi connectivity index (χ0v) is 5.74. The third-order valence-corrected chi connectivity index (χ3v) is 0. The third-order valence-electron chi connectivity index (χ3n) is 0. The first-order valence-electron chi connectivity index (χ1n) is 0. The van der Waals surface area contributed by atoms with Gasteiger partial charge in [-0.05, 0) is 0 Å². The lowest BCUT2D eigenvalue weighted by atomic mass is 12.0. The number of hydrogen-bond donors (Lipinski definition) is 0. The molecule has 0 aliphatic heterocycles. The van der Waals surface area contributed by atoms with Gasteiger partial charge in [0.15, 0.2) is 0 Å². The molecule has 0 atom stereocenters. The smallest absolute Gasteiger partial charge is 0 e. The van der Waals surface area contributed by atoms with E-state index in [-0.39, 0.29) is 74.7 Å². The highest BCUT2D eigenvalue weighted by molar-refractivity contribution is 14.0. The normalized spacial score (nSPS) is 0. The molecule has 0 aromatic heterocycles. The van der Waals surface area contributed by atoms with E-state index in [2.05, 4.69) is 0 Å². The van der Waals surface area contributed by atoms with Gasteiger partial charge in [0.05, 0.1) is 0 Å². The van der Waals surface area contributed by atoms with Crippen LogP contribution in [-0.4, -0.2) is 0 Å². The predicted octanol–water partition coefficient (Wildman–Crippen LogP) is 3.00. The SMILES string of the molecule is C.C.C.I.S.S.[2HH]. The Kier molecular flexibility index (Phi) is 2320. The van der Waals surface area contributed by atoms with Gasteiger partial charge in [-0.2, -0.15) is 27.0 Å². The quantitative estimate of drug-likeness (QED) is 0.577. The summed E-state index contributed by atoms with van der Waals surface area (Å²) in [6.45, 7) is 0. The van der Waals surface area contributed by atoms with Crippen LogP contribution in [0.4, 0.5) is 0 Å². The van der Waals surface area contributed by atoms with Crippen LogP contribution in [0.15, 0.2) is 0 Å². The molecule has 0 aliphatic carbocycles. The van der Waals surface area contributed by atoms with Crippen molar-refractivity contribution in [3.63, 3.8) is 0 Å². The van der Waals surface area contributed by atoms with Crippen molar-refractivity contribution in [2.45, 2.75) is 22.3 Å². The van der Waals surface area contributed by atoms with Crippen molar-refractivity contribution in [3.8, 4) is 0 Å². The minimum absolute atomic E-state index is 0. The maximum absolute atomic E-state index is 0. The van der Waals surface area contributed by atoms with Gasteiger partial charge in [-0.1, -0.05) is 22.3 Å². The fourth-order valence-electron chi connectivity index (χ4n) is 0. The van der Waals surface area contributed by atoms with Crippen LogP contribution in [0, 0.1) is 0 Å².